The molecule has 0 unspecified atom stereocenters. The molecule has 0 spiro atoms. The summed E-state index contributed by atoms with van der Waals surface area (Å²) in [6, 6.07) is 1.56. The number of rotatable bonds is 1. The molecule has 1 saturated heterocycles. The highest BCUT2D eigenvalue weighted by Gasteiger charge is 2.36. The van der Waals surface area contributed by atoms with E-state index in [1.165, 1.54) is 11.8 Å². The third kappa shape index (κ3) is 1.09. The molecule has 2 heterocycles. The van der Waals surface area contributed by atoms with Gasteiger partial charge in [0.2, 0.25) is 0 Å². The summed E-state index contributed by atoms with van der Waals surface area (Å²) in [4.78, 5) is 3.87. The minimum atomic E-state index is -0.252. The number of nitrogens with one attached hydrogen (secondary N) is 1. The minimum absolute atomic E-state index is 0.252. The van der Waals surface area contributed by atoms with E-state index in [1.807, 2.05) is 0 Å². The van der Waals surface area contributed by atoms with E-state index in [9.17, 15) is 4.39 Å². The Morgan fingerprint density at radius 3 is 3.07 bits per heavy atom. The average molecular weight is 190 g/mol. The van der Waals surface area contributed by atoms with Crippen molar-refractivity contribution in [3.63, 3.8) is 0 Å². The van der Waals surface area contributed by atoms with Gasteiger partial charge in [0, 0.05) is 25.2 Å². The fourth-order valence-corrected chi connectivity index (χ4v) is 2.33. The van der Waals surface area contributed by atoms with Gasteiger partial charge in [-0.15, -0.1) is 0 Å². The van der Waals surface area contributed by atoms with Crippen LogP contribution in [-0.4, -0.2) is 18.1 Å². The molecule has 0 amide bonds. The second-order valence-electron chi connectivity index (χ2n) is 3.94. The van der Waals surface area contributed by atoms with E-state index in [-0.39, 0.29) is 5.82 Å². The SMILES string of the molecule is Fc1cncc(C2=C[C@H]3CNC[C@@H]23)c1. The van der Waals surface area contributed by atoms with Gasteiger partial charge in [-0.25, -0.2) is 4.39 Å². The summed E-state index contributed by atoms with van der Waals surface area (Å²) in [5, 5.41) is 3.33. The lowest BCUT2D eigenvalue weighted by molar-refractivity contribution is 0.562. The lowest BCUT2D eigenvalue weighted by atomic mass is 9.74. The molecule has 2 aliphatic rings. The van der Waals surface area contributed by atoms with Gasteiger partial charge >= 0.3 is 0 Å². The zero-order chi connectivity index (χ0) is 9.54. The number of hydrogen-bond donors (Lipinski definition) is 1. The molecule has 1 aromatic rings. The molecule has 72 valence electrons. The van der Waals surface area contributed by atoms with Gasteiger partial charge in [0.15, 0.2) is 0 Å². The van der Waals surface area contributed by atoms with Crippen LogP contribution in [0.3, 0.4) is 0 Å². The Labute approximate surface area is 81.9 Å². The molecule has 14 heavy (non-hydrogen) atoms. The molecular formula is C11H11FN2. The molecule has 0 saturated carbocycles. The molecule has 3 heteroatoms. The molecule has 1 aliphatic carbocycles. The van der Waals surface area contributed by atoms with Gasteiger partial charge in [0.1, 0.15) is 5.82 Å². The highest BCUT2D eigenvalue weighted by molar-refractivity contribution is 5.73. The topological polar surface area (TPSA) is 24.9 Å². The number of aromatic nitrogens is 1. The Morgan fingerprint density at radius 1 is 1.36 bits per heavy atom. The summed E-state index contributed by atoms with van der Waals surface area (Å²) in [5.74, 6) is 0.990. The normalized spacial score (nSPS) is 29.4. The van der Waals surface area contributed by atoms with E-state index >= 15 is 0 Å². The van der Waals surface area contributed by atoms with E-state index in [0.29, 0.717) is 11.8 Å². The molecule has 0 aromatic carbocycles. The minimum Gasteiger partial charge on any atom is -0.315 e. The molecule has 1 aliphatic heterocycles. The fraction of sp³-hybridized carbons (Fsp3) is 0.364. The number of hydrogen-bond acceptors (Lipinski definition) is 2. The molecule has 2 atom stereocenters. The van der Waals surface area contributed by atoms with Crippen molar-refractivity contribution < 1.29 is 4.39 Å². The number of nitrogens with zero attached hydrogens (tertiary/aromatic N) is 1. The van der Waals surface area contributed by atoms with Crippen molar-refractivity contribution in [2.24, 2.45) is 11.8 Å². The maximum atomic E-state index is 12.9. The first-order chi connectivity index (χ1) is 6.84. The van der Waals surface area contributed by atoms with Gasteiger partial charge in [-0.3, -0.25) is 4.98 Å². The van der Waals surface area contributed by atoms with Crippen LogP contribution in [0, 0.1) is 17.7 Å². The summed E-state index contributed by atoms with van der Waals surface area (Å²) < 4.78 is 12.9. The first-order valence-corrected chi connectivity index (χ1v) is 4.88. The van der Waals surface area contributed by atoms with E-state index in [1.54, 1.807) is 12.3 Å². The Bertz CT molecular complexity index is 400. The maximum absolute atomic E-state index is 12.9. The fourth-order valence-electron chi connectivity index (χ4n) is 2.33. The molecule has 2 nitrogen and oxygen atoms in total. The Balaban J connectivity index is 1.94. The van der Waals surface area contributed by atoms with Crippen molar-refractivity contribution in [1.29, 1.82) is 0 Å². The van der Waals surface area contributed by atoms with E-state index in [0.717, 1.165) is 18.7 Å². The lowest BCUT2D eigenvalue weighted by Crippen LogP contribution is -2.22. The Morgan fingerprint density at radius 2 is 2.29 bits per heavy atom. The van der Waals surface area contributed by atoms with E-state index in [2.05, 4.69) is 16.4 Å². The summed E-state index contributed by atoms with van der Waals surface area (Å²) in [5.41, 5.74) is 2.20. The van der Waals surface area contributed by atoms with Crippen LogP contribution in [0.4, 0.5) is 4.39 Å². The average Bonchev–Trinajstić information content (AvgIpc) is 2.48. The van der Waals surface area contributed by atoms with Gasteiger partial charge in [-0.2, -0.15) is 0 Å². The summed E-state index contributed by atoms with van der Waals surface area (Å²) in [7, 11) is 0. The van der Waals surface area contributed by atoms with Crippen molar-refractivity contribution in [2.45, 2.75) is 0 Å². The predicted octanol–water partition coefficient (Wildman–Crippen LogP) is 1.45. The van der Waals surface area contributed by atoms with Gasteiger partial charge in [-0.05, 0) is 23.1 Å². The predicted molar refractivity (Wildman–Crippen MR) is 52.0 cm³/mol. The highest BCUT2D eigenvalue weighted by atomic mass is 19.1. The molecule has 3 rings (SSSR count). The van der Waals surface area contributed by atoms with Crippen LogP contribution >= 0.6 is 0 Å². The van der Waals surface area contributed by atoms with Crippen molar-refractivity contribution in [1.82, 2.24) is 10.3 Å². The van der Waals surface area contributed by atoms with Crippen molar-refractivity contribution in [3.05, 3.63) is 35.9 Å². The van der Waals surface area contributed by atoms with Crippen LogP contribution in [-0.2, 0) is 0 Å². The quantitative estimate of drug-likeness (QED) is 0.725. The zero-order valence-corrected chi connectivity index (χ0v) is 7.70. The first kappa shape index (κ1) is 8.12. The monoisotopic (exact) mass is 190 g/mol. The van der Waals surface area contributed by atoms with Gasteiger partial charge in [0.25, 0.3) is 0 Å². The lowest BCUT2D eigenvalue weighted by Gasteiger charge is -2.29. The molecule has 1 fully saturated rings. The van der Waals surface area contributed by atoms with Crippen LogP contribution in [0.5, 0.6) is 0 Å². The van der Waals surface area contributed by atoms with E-state index < -0.39 is 0 Å². The van der Waals surface area contributed by atoms with Crippen molar-refractivity contribution in [2.75, 3.05) is 13.1 Å². The second-order valence-corrected chi connectivity index (χ2v) is 3.94. The maximum Gasteiger partial charge on any atom is 0.142 e. The molecule has 1 aromatic heterocycles. The zero-order valence-electron chi connectivity index (χ0n) is 7.70. The van der Waals surface area contributed by atoms with Crippen LogP contribution in [0.15, 0.2) is 24.5 Å². The van der Waals surface area contributed by atoms with Gasteiger partial charge in [-0.1, -0.05) is 6.08 Å². The van der Waals surface area contributed by atoms with Crippen LogP contribution in [0.2, 0.25) is 0 Å². The summed E-state index contributed by atoms with van der Waals surface area (Å²) in [6.45, 7) is 2.09. The second kappa shape index (κ2) is 2.89. The summed E-state index contributed by atoms with van der Waals surface area (Å²) >= 11 is 0. The van der Waals surface area contributed by atoms with Crippen LogP contribution < -0.4 is 5.32 Å². The number of fused-ring (bicyclic) bond motifs is 1. The third-order valence-electron chi connectivity index (χ3n) is 3.09. The number of halogens is 1. The molecule has 0 bridgehead atoms. The third-order valence-corrected chi connectivity index (χ3v) is 3.09. The highest BCUT2D eigenvalue weighted by Crippen LogP contribution is 2.42. The van der Waals surface area contributed by atoms with E-state index in [4.69, 9.17) is 0 Å². The van der Waals surface area contributed by atoms with Crippen LogP contribution in [0.25, 0.3) is 5.57 Å². The van der Waals surface area contributed by atoms with Crippen LogP contribution in [0.1, 0.15) is 5.56 Å². The molecule has 1 N–H and O–H groups in total. The largest absolute Gasteiger partial charge is 0.315 e. The Kier molecular flexibility index (Phi) is 1.67. The standard InChI is InChI=1S/C11H11FN2/c12-9-1-7(3-13-5-9)10-2-8-4-14-6-11(8)10/h1-3,5,8,11,14H,4,6H2/t8-,11+/m0/s1. The summed E-state index contributed by atoms with van der Waals surface area (Å²) in [6.07, 6.45) is 5.21. The number of pyridine rings is 1. The van der Waals surface area contributed by atoms with Crippen molar-refractivity contribution in [3.8, 4) is 0 Å². The van der Waals surface area contributed by atoms with Crippen molar-refractivity contribution >= 4 is 5.57 Å². The molecule has 0 radical (unpaired) electrons. The van der Waals surface area contributed by atoms with Gasteiger partial charge in [0.05, 0.1) is 6.20 Å². The first-order valence-electron chi connectivity index (χ1n) is 4.88. The smallest absolute Gasteiger partial charge is 0.142 e. The molecular weight excluding hydrogens is 179 g/mol. The van der Waals surface area contributed by atoms with Gasteiger partial charge < -0.3 is 5.32 Å². The Hall–Kier alpha value is -1.22.